The van der Waals surface area contributed by atoms with Gasteiger partial charge < -0.3 is 15.1 Å². The first-order chi connectivity index (χ1) is 8.11. The molecule has 0 saturated carbocycles. The highest BCUT2D eigenvalue weighted by molar-refractivity contribution is 5.94. The average molecular weight is 235 g/mol. The molecule has 1 saturated heterocycles. The van der Waals surface area contributed by atoms with Gasteiger partial charge in [0.1, 0.15) is 5.75 Å². The van der Waals surface area contributed by atoms with Crippen molar-refractivity contribution in [3.05, 3.63) is 29.3 Å². The second-order valence-corrected chi connectivity index (χ2v) is 4.59. The van der Waals surface area contributed by atoms with Crippen LogP contribution in [-0.4, -0.2) is 40.7 Å². The quantitative estimate of drug-likeness (QED) is 0.808. The van der Waals surface area contributed by atoms with Crippen LogP contribution in [0.5, 0.6) is 5.75 Å². The molecule has 1 aromatic rings. The third kappa shape index (κ3) is 2.42. The molecule has 1 aromatic carbocycles. The molecule has 17 heavy (non-hydrogen) atoms. The minimum Gasteiger partial charge on any atom is -0.508 e. The van der Waals surface area contributed by atoms with Crippen LogP contribution in [0.1, 0.15) is 22.3 Å². The van der Waals surface area contributed by atoms with Crippen LogP contribution >= 0.6 is 0 Å². The van der Waals surface area contributed by atoms with Crippen LogP contribution in [0.25, 0.3) is 0 Å². The number of amides is 1. The lowest BCUT2D eigenvalue weighted by Crippen LogP contribution is -2.29. The molecule has 1 amide bonds. The predicted octanol–water partition coefficient (Wildman–Crippen LogP) is 1.16. The summed E-state index contributed by atoms with van der Waals surface area (Å²) in [4.78, 5) is 13.9. The van der Waals surface area contributed by atoms with E-state index in [1.54, 1.807) is 30.0 Å². The van der Waals surface area contributed by atoms with Gasteiger partial charge in [0, 0.05) is 31.2 Å². The molecule has 0 aliphatic carbocycles. The van der Waals surface area contributed by atoms with Gasteiger partial charge in [-0.25, -0.2) is 0 Å². The van der Waals surface area contributed by atoms with Gasteiger partial charge in [-0.05, 0) is 37.1 Å². The first-order valence-corrected chi connectivity index (χ1v) is 5.81. The molecule has 0 bridgehead atoms. The number of rotatable bonds is 2. The van der Waals surface area contributed by atoms with Crippen molar-refractivity contribution in [3.8, 4) is 5.75 Å². The van der Waals surface area contributed by atoms with Crippen molar-refractivity contribution < 1.29 is 15.0 Å². The number of benzene rings is 1. The van der Waals surface area contributed by atoms with Crippen LogP contribution < -0.4 is 0 Å². The lowest BCUT2D eigenvalue weighted by atomic mass is 10.1. The number of phenols is 1. The molecule has 4 heteroatoms. The number of aliphatic hydroxyl groups excluding tert-OH is 1. The lowest BCUT2D eigenvalue weighted by Gasteiger charge is -2.16. The lowest BCUT2D eigenvalue weighted by molar-refractivity contribution is 0.0782. The van der Waals surface area contributed by atoms with E-state index in [2.05, 4.69) is 0 Å². The van der Waals surface area contributed by atoms with Gasteiger partial charge in [-0.1, -0.05) is 0 Å². The van der Waals surface area contributed by atoms with Gasteiger partial charge in [0.15, 0.2) is 0 Å². The van der Waals surface area contributed by atoms with Gasteiger partial charge >= 0.3 is 0 Å². The predicted molar refractivity (Wildman–Crippen MR) is 63.9 cm³/mol. The van der Waals surface area contributed by atoms with Gasteiger partial charge in [-0.15, -0.1) is 0 Å². The van der Waals surface area contributed by atoms with Crippen LogP contribution in [0, 0.1) is 12.8 Å². The molecule has 1 aliphatic rings. The molecule has 1 aliphatic heterocycles. The van der Waals surface area contributed by atoms with Gasteiger partial charge in [-0.3, -0.25) is 4.79 Å². The summed E-state index contributed by atoms with van der Waals surface area (Å²) in [6, 6.07) is 4.88. The molecule has 4 nitrogen and oxygen atoms in total. The summed E-state index contributed by atoms with van der Waals surface area (Å²) in [6.45, 7) is 3.23. The van der Waals surface area contributed by atoms with Crippen molar-refractivity contribution in [3.63, 3.8) is 0 Å². The number of likely N-dealkylation sites (tertiary alicyclic amines) is 1. The molecule has 92 valence electrons. The van der Waals surface area contributed by atoms with Crippen LogP contribution in [0.15, 0.2) is 18.2 Å². The summed E-state index contributed by atoms with van der Waals surface area (Å²) < 4.78 is 0. The Morgan fingerprint density at radius 3 is 2.88 bits per heavy atom. The van der Waals surface area contributed by atoms with E-state index in [0.717, 1.165) is 6.42 Å². The number of carbonyl (C=O) groups is 1. The minimum absolute atomic E-state index is 0.0240. The average Bonchev–Trinajstić information content (AvgIpc) is 2.80. The van der Waals surface area contributed by atoms with Gasteiger partial charge in [0.2, 0.25) is 0 Å². The summed E-state index contributed by atoms with van der Waals surface area (Å²) in [6.07, 6.45) is 0.860. The van der Waals surface area contributed by atoms with Crippen LogP contribution in [0.2, 0.25) is 0 Å². The van der Waals surface area contributed by atoms with E-state index in [1.807, 2.05) is 0 Å². The Bertz CT molecular complexity index is 431. The summed E-state index contributed by atoms with van der Waals surface area (Å²) >= 11 is 0. The van der Waals surface area contributed by atoms with Crippen molar-refractivity contribution >= 4 is 5.91 Å². The largest absolute Gasteiger partial charge is 0.508 e. The fourth-order valence-corrected chi connectivity index (χ4v) is 2.14. The Morgan fingerprint density at radius 2 is 2.29 bits per heavy atom. The fourth-order valence-electron chi connectivity index (χ4n) is 2.14. The van der Waals surface area contributed by atoms with Gasteiger partial charge in [0.05, 0.1) is 0 Å². The Morgan fingerprint density at radius 1 is 1.53 bits per heavy atom. The summed E-state index contributed by atoms with van der Waals surface area (Å²) in [5, 5.41) is 18.5. The Balaban J connectivity index is 2.12. The molecule has 2 N–H and O–H groups in total. The van der Waals surface area contributed by atoms with E-state index >= 15 is 0 Å². The van der Waals surface area contributed by atoms with Gasteiger partial charge in [0.25, 0.3) is 5.91 Å². The maximum atomic E-state index is 12.1. The van der Waals surface area contributed by atoms with E-state index in [1.165, 1.54) is 0 Å². The summed E-state index contributed by atoms with van der Waals surface area (Å²) in [5.74, 6) is 0.386. The molecule has 0 aromatic heterocycles. The Kier molecular flexibility index (Phi) is 3.33. The Hall–Kier alpha value is -1.55. The maximum absolute atomic E-state index is 12.1. The number of hydrogen-bond acceptors (Lipinski definition) is 3. The van der Waals surface area contributed by atoms with E-state index in [4.69, 9.17) is 5.11 Å². The first kappa shape index (κ1) is 11.9. The molecule has 0 spiro atoms. The monoisotopic (exact) mass is 235 g/mol. The first-order valence-electron chi connectivity index (χ1n) is 5.81. The zero-order valence-corrected chi connectivity index (χ0v) is 9.89. The molecule has 1 fully saturated rings. The summed E-state index contributed by atoms with van der Waals surface area (Å²) in [5.41, 5.74) is 1.30. The second-order valence-electron chi connectivity index (χ2n) is 4.59. The minimum atomic E-state index is -0.0240. The second kappa shape index (κ2) is 4.75. The van der Waals surface area contributed by atoms with E-state index in [9.17, 15) is 9.90 Å². The zero-order valence-electron chi connectivity index (χ0n) is 9.89. The molecule has 1 atom stereocenters. The third-order valence-electron chi connectivity index (χ3n) is 3.28. The molecular weight excluding hydrogens is 218 g/mol. The van der Waals surface area contributed by atoms with Crippen LogP contribution in [0.4, 0.5) is 0 Å². The number of carbonyl (C=O) groups excluding carboxylic acids is 1. The highest BCUT2D eigenvalue weighted by Crippen LogP contribution is 2.21. The molecule has 1 heterocycles. The van der Waals surface area contributed by atoms with Crippen molar-refractivity contribution in [2.75, 3.05) is 19.7 Å². The van der Waals surface area contributed by atoms with Crippen molar-refractivity contribution in [1.29, 1.82) is 0 Å². The molecule has 0 radical (unpaired) electrons. The van der Waals surface area contributed by atoms with E-state index in [-0.39, 0.29) is 24.2 Å². The third-order valence-corrected chi connectivity index (χ3v) is 3.28. The van der Waals surface area contributed by atoms with Crippen molar-refractivity contribution in [2.24, 2.45) is 5.92 Å². The van der Waals surface area contributed by atoms with E-state index < -0.39 is 0 Å². The number of hydrogen-bond donors (Lipinski definition) is 2. The van der Waals surface area contributed by atoms with Crippen LogP contribution in [0.3, 0.4) is 0 Å². The fraction of sp³-hybridized carbons (Fsp3) is 0.462. The normalized spacial score (nSPS) is 19.6. The zero-order chi connectivity index (χ0) is 12.4. The number of phenolic OH excluding ortho intramolecular Hbond substituents is 1. The standard InChI is InChI=1S/C13H17NO3/c1-9-6-11(2-3-12(9)16)13(17)14-5-4-10(7-14)8-15/h2-3,6,10,15-16H,4-5,7-8H2,1H3. The number of aryl methyl sites for hydroxylation is 1. The number of aromatic hydroxyl groups is 1. The summed E-state index contributed by atoms with van der Waals surface area (Å²) in [7, 11) is 0. The highest BCUT2D eigenvalue weighted by Gasteiger charge is 2.26. The number of aliphatic hydroxyl groups is 1. The Labute approximate surface area is 100 Å². The maximum Gasteiger partial charge on any atom is 0.253 e. The molecule has 2 rings (SSSR count). The number of nitrogens with zero attached hydrogens (tertiary/aromatic N) is 1. The molecule has 1 unspecified atom stereocenters. The molecular formula is C13H17NO3. The van der Waals surface area contributed by atoms with E-state index in [0.29, 0.717) is 24.2 Å². The smallest absolute Gasteiger partial charge is 0.253 e. The SMILES string of the molecule is Cc1cc(C(=O)N2CCC(CO)C2)ccc1O. The van der Waals surface area contributed by atoms with Gasteiger partial charge in [-0.2, -0.15) is 0 Å². The topological polar surface area (TPSA) is 60.8 Å². The highest BCUT2D eigenvalue weighted by atomic mass is 16.3. The van der Waals surface area contributed by atoms with Crippen molar-refractivity contribution in [1.82, 2.24) is 4.90 Å². The van der Waals surface area contributed by atoms with Crippen LogP contribution in [-0.2, 0) is 0 Å². The van der Waals surface area contributed by atoms with Crippen molar-refractivity contribution in [2.45, 2.75) is 13.3 Å².